The number of hydrazone groups is 1. The molecule has 0 aliphatic carbocycles. The number of carbonyl (C=O) groups excluding carboxylic acids is 1. The van der Waals surface area contributed by atoms with Crippen LogP contribution in [0.5, 0.6) is 11.5 Å². The summed E-state index contributed by atoms with van der Waals surface area (Å²) in [6.45, 7) is 2.06. The lowest BCUT2D eigenvalue weighted by molar-refractivity contribution is -0.123. The van der Waals surface area contributed by atoms with Crippen LogP contribution in [0.25, 0.3) is 0 Å². The average molecular weight is 334 g/mol. The van der Waals surface area contributed by atoms with E-state index in [-0.39, 0.29) is 6.61 Å². The lowest BCUT2D eigenvalue weighted by atomic mass is 10.2. The van der Waals surface area contributed by atoms with Gasteiger partial charge in [0.1, 0.15) is 0 Å². The van der Waals surface area contributed by atoms with Crippen molar-refractivity contribution in [3.63, 3.8) is 0 Å². The van der Waals surface area contributed by atoms with Crippen LogP contribution in [0.2, 0.25) is 0 Å². The minimum absolute atomic E-state index is 0.265. The highest BCUT2D eigenvalue weighted by atomic mass is 19.2. The summed E-state index contributed by atoms with van der Waals surface area (Å²) in [5, 5.41) is 3.66. The number of nitrogens with one attached hydrogen (secondary N) is 1. The van der Waals surface area contributed by atoms with Crippen molar-refractivity contribution in [2.24, 2.45) is 5.10 Å². The number of carbonyl (C=O) groups is 1. The van der Waals surface area contributed by atoms with Gasteiger partial charge in [-0.25, -0.2) is 14.2 Å². The Hall–Kier alpha value is -2.96. The van der Waals surface area contributed by atoms with Crippen molar-refractivity contribution in [3.8, 4) is 11.5 Å². The minimum atomic E-state index is -0.985. The van der Waals surface area contributed by atoms with Gasteiger partial charge in [0.2, 0.25) is 0 Å². The molecule has 2 aromatic rings. The van der Waals surface area contributed by atoms with E-state index in [1.807, 2.05) is 6.92 Å². The Kier molecular flexibility index (Phi) is 6.24. The van der Waals surface area contributed by atoms with Crippen LogP contribution in [0.1, 0.15) is 12.5 Å². The topological polar surface area (TPSA) is 59.9 Å². The van der Waals surface area contributed by atoms with Gasteiger partial charge in [-0.1, -0.05) is 18.2 Å². The molecule has 0 heterocycles. The van der Waals surface area contributed by atoms with Crippen LogP contribution >= 0.6 is 0 Å². The van der Waals surface area contributed by atoms with Crippen molar-refractivity contribution >= 4 is 12.1 Å². The SMILES string of the molecule is CCOc1ccccc1OCC(=O)N/N=C/c1ccc(F)c(F)c1. The first kappa shape index (κ1) is 17.4. The van der Waals surface area contributed by atoms with E-state index in [9.17, 15) is 13.6 Å². The number of hydrogen-bond acceptors (Lipinski definition) is 4. The highest BCUT2D eigenvalue weighted by Gasteiger charge is 2.06. The number of hydrogen-bond donors (Lipinski definition) is 1. The molecule has 0 aliphatic rings. The Balaban J connectivity index is 1.85. The summed E-state index contributed by atoms with van der Waals surface area (Å²) in [5.41, 5.74) is 2.55. The van der Waals surface area contributed by atoms with E-state index in [1.165, 1.54) is 12.3 Å². The molecule has 0 bridgehead atoms. The first-order valence-corrected chi connectivity index (χ1v) is 7.21. The molecule has 0 aromatic heterocycles. The summed E-state index contributed by atoms with van der Waals surface area (Å²) in [6.07, 6.45) is 1.20. The van der Waals surface area contributed by atoms with Crippen molar-refractivity contribution < 1.29 is 23.0 Å². The second-order valence-electron chi connectivity index (χ2n) is 4.64. The Morgan fingerprint density at radius 3 is 2.50 bits per heavy atom. The lowest BCUT2D eigenvalue weighted by Gasteiger charge is -2.10. The van der Waals surface area contributed by atoms with E-state index < -0.39 is 17.5 Å². The Labute approximate surface area is 137 Å². The smallest absolute Gasteiger partial charge is 0.277 e. The molecule has 0 aliphatic heterocycles. The first-order valence-electron chi connectivity index (χ1n) is 7.21. The van der Waals surface area contributed by atoms with Gasteiger partial charge in [0.15, 0.2) is 29.7 Å². The molecular weight excluding hydrogens is 318 g/mol. The standard InChI is InChI=1S/C17H16F2N2O3/c1-2-23-15-5-3-4-6-16(15)24-11-17(22)21-20-10-12-7-8-13(18)14(19)9-12/h3-10H,2,11H2,1H3,(H,21,22)/b20-10+. The highest BCUT2D eigenvalue weighted by Crippen LogP contribution is 2.26. The fourth-order valence-electron chi connectivity index (χ4n) is 1.79. The maximum absolute atomic E-state index is 13.0. The van der Waals surface area contributed by atoms with Gasteiger partial charge in [0.05, 0.1) is 12.8 Å². The van der Waals surface area contributed by atoms with Crippen LogP contribution in [0.15, 0.2) is 47.6 Å². The maximum Gasteiger partial charge on any atom is 0.277 e. The molecular formula is C17H16F2N2O3. The zero-order chi connectivity index (χ0) is 17.4. The van der Waals surface area contributed by atoms with Gasteiger partial charge in [0.25, 0.3) is 5.91 Å². The third kappa shape index (κ3) is 5.05. The average Bonchev–Trinajstić information content (AvgIpc) is 2.57. The van der Waals surface area contributed by atoms with Crippen LogP contribution in [0, 0.1) is 11.6 Å². The molecule has 126 valence electrons. The second kappa shape index (κ2) is 8.61. The number of ether oxygens (including phenoxy) is 2. The van der Waals surface area contributed by atoms with Crippen LogP contribution in [0.4, 0.5) is 8.78 Å². The molecule has 1 N–H and O–H groups in total. The molecule has 0 radical (unpaired) electrons. The molecule has 7 heteroatoms. The minimum Gasteiger partial charge on any atom is -0.490 e. The Bertz CT molecular complexity index is 736. The quantitative estimate of drug-likeness (QED) is 0.626. The van der Waals surface area contributed by atoms with Gasteiger partial charge in [-0.2, -0.15) is 5.10 Å². The van der Waals surface area contributed by atoms with Gasteiger partial charge >= 0.3 is 0 Å². The van der Waals surface area contributed by atoms with Crippen molar-refractivity contribution in [3.05, 3.63) is 59.7 Å². The number of nitrogens with zero attached hydrogens (tertiary/aromatic N) is 1. The molecule has 1 amide bonds. The molecule has 2 rings (SSSR count). The summed E-state index contributed by atoms with van der Waals surface area (Å²) in [4.78, 5) is 11.7. The zero-order valence-electron chi connectivity index (χ0n) is 13.0. The predicted octanol–water partition coefficient (Wildman–Crippen LogP) is 2.89. The third-order valence-corrected chi connectivity index (χ3v) is 2.85. The van der Waals surface area contributed by atoms with E-state index in [2.05, 4.69) is 10.5 Å². The molecule has 0 saturated heterocycles. The Morgan fingerprint density at radius 2 is 1.83 bits per heavy atom. The van der Waals surface area contributed by atoms with Crippen molar-refractivity contribution in [1.82, 2.24) is 5.43 Å². The van der Waals surface area contributed by atoms with E-state index in [4.69, 9.17) is 9.47 Å². The summed E-state index contributed by atoms with van der Waals surface area (Å²) in [5.74, 6) is -1.45. The fourth-order valence-corrected chi connectivity index (χ4v) is 1.79. The highest BCUT2D eigenvalue weighted by molar-refractivity contribution is 5.82. The first-order chi connectivity index (χ1) is 11.6. The normalized spacial score (nSPS) is 10.6. The summed E-state index contributed by atoms with van der Waals surface area (Å²) in [7, 11) is 0. The number of amides is 1. The van der Waals surface area contributed by atoms with Gasteiger partial charge < -0.3 is 9.47 Å². The molecule has 0 spiro atoms. The monoisotopic (exact) mass is 334 g/mol. The van der Waals surface area contributed by atoms with E-state index >= 15 is 0 Å². The number of para-hydroxylation sites is 2. The van der Waals surface area contributed by atoms with Gasteiger partial charge in [-0.3, -0.25) is 4.79 Å². The molecule has 5 nitrogen and oxygen atoms in total. The Morgan fingerprint density at radius 1 is 1.12 bits per heavy atom. The molecule has 0 fully saturated rings. The molecule has 0 saturated carbocycles. The predicted molar refractivity (Wildman–Crippen MR) is 85.2 cm³/mol. The molecule has 24 heavy (non-hydrogen) atoms. The lowest BCUT2D eigenvalue weighted by Crippen LogP contribution is -2.24. The number of rotatable bonds is 7. The van der Waals surface area contributed by atoms with Crippen molar-refractivity contribution in [2.75, 3.05) is 13.2 Å². The summed E-state index contributed by atoms with van der Waals surface area (Å²) in [6, 6.07) is 10.3. The third-order valence-electron chi connectivity index (χ3n) is 2.85. The van der Waals surface area contributed by atoms with Crippen LogP contribution in [-0.4, -0.2) is 25.3 Å². The zero-order valence-corrected chi connectivity index (χ0v) is 13.0. The van der Waals surface area contributed by atoms with Gasteiger partial charge in [0, 0.05) is 0 Å². The maximum atomic E-state index is 13.0. The largest absolute Gasteiger partial charge is 0.490 e. The summed E-state index contributed by atoms with van der Waals surface area (Å²) < 4.78 is 36.5. The van der Waals surface area contributed by atoms with Crippen molar-refractivity contribution in [1.29, 1.82) is 0 Å². The van der Waals surface area contributed by atoms with E-state index in [0.717, 1.165) is 12.1 Å². The molecule has 0 unspecified atom stereocenters. The van der Waals surface area contributed by atoms with Crippen LogP contribution < -0.4 is 14.9 Å². The number of halogens is 2. The number of benzene rings is 2. The van der Waals surface area contributed by atoms with E-state index in [1.54, 1.807) is 24.3 Å². The summed E-state index contributed by atoms with van der Waals surface area (Å²) >= 11 is 0. The van der Waals surface area contributed by atoms with Gasteiger partial charge in [-0.05, 0) is 36.8 Å². The molecule has 2 aromatic carbocycles. The molecule has 0 atom stereocenters. The van der Waals surface area contributed by atoms with Crippen molar-refractivity contribution in [2.45, 2.75) is 6.92 Å². The fraction of sp³-hybridized carbons (Fsp3) is 0.176. The van der Waals surface area contributed by atoms with Crippen LogP contribution in [0.3, 0.4) is 0 Å². The van der Waals surface area contributed by atoms with Crippen LogP contribution in [-0.2, 0) is 4.79 Å². The van der Waals surface area contributed by atoms with Gasteiger partial charge in [-0.15, -0.1) is 0 Å². The van der Waals surface area contributed by atoms with E-state index in [0.29, 0.717) is 23.7 Å². The second-order valence-corrected chi connectivity index (χ2v) is 4.64.